The highest BCUT2D eigenvalue weighted by Crippen LogP contribution is 2.08. The van der Waals surface area contributed by atoms with Gasteiger partial charge in [0, 0.05) is 49.8 Å². The molecule has 0 saturated carbocycles. The maximum atomic E-state index is 12.5. The molecule has 0 rings (SSSR count). The van der Waals surface area contributed by atoms with Crippen LogP contribution in [-0.2, 0) is 14.4 Å². The van der Waals surface area contributed by atoms with Crippen LogP contribution < -0.4 is 5.32 Å². The van der Waals surface area contributed by atoms with E-state index in [1.165, 1.54) is 0 Å². The van der Waals surface area contributed by atoms with Crippen LogP contribution in [0.5, 0.6) is 0 Å². The quantitative estimate of drug-likeness (QED) is 0.530. The first-order chi connectivity index (χ1) is 12.5. The Bertz CT molecular complexity index is 553. The van der Waals surface area contributed by atoms with Crippen LogP contribution in [0.4, 0.5) is 0 Å². The van der Waals surface area contributed by atoms with E-state index >= 15 is 0 Å². The average Bonchev–Trinajstić information content (AvgIpc) is 2.57. The minimum atomic E-state index is -0.219. The van der Waals surface area contributed by atoms with Gasteiger partial charge in [0.1, 0.15) is 0 Å². The topological polar surface area (TPSA) is 69.7 Å². The van der Waals surface area contributed by atoms with Gasteiger partial charge in [0.15, 0.2) is 0 Å². The third kappa shape index (κ3) is 9.97. The lowest BCUT2D eigenvalue weighted by atomic mass is 10.1. The molecule has 0 fully saturated rings. The summed E-state index contributed by atoms with van der Waals surface area (Å²) < 4.78 is 0. The molecule has 0 heterocycles. The Labute approximate surface area is 164 Å². The summed E-state index contributed by atoms with van der Waals surface area (Å²) in [7, 11) is 0. The zero-order valence-corrected chi connectivity index (χ0v) is 17.9. The lowest BCUT2D eigenvalue weighted by Gasteiger charge is -2.29. The largest absolute Gasteiger partial charge is 0.351 e. The first-order valence-corrected chi connectivity index (χ1v) is 9.64. The molecule has 0 unspecified atom stereocenters. The highest BCUT2D eigenvalue weighted by Gasteiger charge is 2.20. The molecule has 0 aliphatic rings. The van der Waals surface area contributed by atoms with Gasteiger partial charge < -0.3 is 15.1 Å². The van der Waals surface area contributed by atoms with E-state index in [2.05, 4.69) is 32.3 Å². The number of nitrogens with one attached hydrogen (secondary N) is 1. The van der Waals surface area contributed by atoms with Crippen molar-refractivity contribution >= 4 is 17.7 Å². The second-order valence-electron chi connectivity index (χ2n) is 7.77. The predicted molar refractivity (Wildman–Crippen MR) is 110 cm³/mol. The van der Waals surface area contributed by atoms with Crippen molar-refractivity contribution in [3.8, 4) is 0 Å². The summed E-state index contributed by atoms with van der Waals surface area (Å²) in [5.41, 5.74) is 0.929. The van der Waals surface area contributed by atoms with Gasteiger partial charge in [-0.05, 0) is 26.2 Å². The number of carbonyl (C=O) groups is 3. The van der Waals surface area contributed by atoms with Gasteiger partial charge in [0.25, 0.3) is 0 Å². The summed E-state index contributed by atoms with van der Waals surface area (Å²) in [5, 5.41) is 2.75. The summed E-state index contributed by atoms with van der Waals surface area (Å²) in [6.07, 6.45) is 0.895. The van der Waals surface area contributed by atoms with E-state index < -0.39 is 0 Å². The summed E-state index contributed by atoms with van der Waals surface area (Å²) in [4.78, 5) is 40.0. The highest BCUT2D eigenvalue weighted by molar-refractivity contribution is 5.92. The van der Waals surface area contributed by atoms with Crippen molar-refractivity contribution in [3.05, 3.63) is 24.3 Å². The van der Waals surface area contributed by atoms with Crippen molar-refractivity contribution in [1.82, 2.24) is 15.1 Å². The van der Waals surface area contributed by atoms with E-state index in [1.807, 2.05) is 13.8 Å². The van der Waals surface area contributed by atoms with Gasteiger partial charge in [-0.25, -0.2) is 0 Å². The minimum Gasteiger partial charge on any atom is -0.351 e. The molecule has 3 amide bonds. The second kappa shape index (κ2) is 12.3. The zero-order chi connectivity index (χ0) is 21.1. The predicted octanol–water partition coefficient (Wildman–Crippen LogP) is 2.61. The molecule has 0 spiro atoms. The summed E-state index contributed by atoms with van der Waals surface area (Å²) >= 11 is 0. The number of rotatable bonds is 12. The molecule has 0 aliphatic carbocycles. The van der Waals surface area contributed by atoms with Gasteiger partial charge in [0.05, 0.1) is 0 Å². The van der Waals surface area contributed by atoms with Gasteiger partial charge in [-0.15, -0.1) is 0 Å². The average molecular weight is 380 g/mol. The normalized spacial score (nSPS) is 10.7. The van der Waals surface area contributed by atoms with Gasteiger partial charge >= 0.3 is 0 Å². The van der Waals surface area contributed by atoms with Crippen molar-refractivity contribution in [2.45, 2.75) is 48.0 Å². The SMILES string of the molecule is C=C(C)C(=O)NCCN(CCN(CCC(C)C)C(=O)C(=C)C)C(=O)C(C)C. The fourth-order valence-electron chi connectivity index (χ4n) is 2.39. The Morgan fingerprint density at radius 1 is 0.852 bits per heavy atom. The van der Waals surface area contributed by atoms with Crippen LogP contribution in [0.2, 0.25) is 0 Å². The first-order valence-electron chi connectivity index (χ1n) is 9.64. The van der Waals surface area contributed by atoms with E-state index in [0.29, 0.717) is 49.8 Å². The number of nitrogens with zero attached hydrogens (tertiary/aromatic N) is 2. The third-order valence-corrected chi connectivity index (χ3v) is 4.13. The van der Waals surface area contributed by atoms with E-state index in [4.69, 9.17) is 0 Å². The first kappa shape index (κ1) is 24.9. The number of amides is 3. The van der Waals surface area contributed by atoms with Crippen LogP contribution in [0.25, 0.3) is 0 Å². The van der Waals surface area contributed by atoms with Crippen molar-refractivity contribution in [1.29, 1.82) is 0 Å². The fourth-order valence-corrected chi connectivity index (χ4v) is 2.39. The lowest BCUT2D eigenvalue weighted by molar-refractivity contribution is -0.136. The van der Waals surface area contributed by atoms with Crippen LogP contribution >= 0.6 is 0 Å². The maximum absolute atomic E-state index is 12.5. The Balaban J connectivity index is 4.96. The Morgan fingerprint density at radius 2 is 1.41 bits per heavy atom. The Kier molecular flexibility index (Phi) is 11.3. The van der Waals surface area contributed by atoms with E-state index in [-0.39, 0.29) is 23.6 Å². The van der Waals surface area contributed by atoms with Gasteiger partial charge in [0.2, 0.25) is 17.7 Å². The molecule has 0 aromatic rings. The van der Waals surface area contributed by atoms with Crippen molar-refractivity contribution in [2.24, 2.45) is 11.8 Å². The Hall–Kier alpha value is -2.11. The molecular formula is C21H37N3O3. The molecule has 0 aromatic carbocycles. The van der Waals surface area contributed by atoms with Gasteiger partial charge in [-0.1, -0.05) is 40.9 Å². The molecule has 0 atom stereocenters. The lowest BCUT2D eigenvalue weighted by Crippen LogP contribution is -2.45. The van der Waals surface area contributed by atoms with E-state index in [1.54, 1.807) is 23.6 Å². The molecule has 0 saturated heterocycles. The monoisotopic (exact) mass is 379 g/mol. The van der Waals surface area contributed by atoms with Crippen LogP contribution in [0.15, 0.2) is 24.3 Å². The molecule has 0 aliphatic heterocycles. The zero-order valence-electron chi connectivity index (χ0n) is 17.9. The maximum Gasteiger partial charge on any atom is 0.248 e. The third-order valence-electron chi connectivity index (χ3n) is 4.13. The Morgan fingerprint density at radius 3 is 1.85 bits per heavy atom. The van der Waals surface area contributed by atoms with Crippen molar-refractivity contribution in [2.75, 3.05) is 32.7 Å². The molecule has 0 aromatic heterocycles. The van der Waals surface area contributed by atoms with E-state index in [0.717, 1.165) is 6.42 Å². The van der Waals surface area contributed by atoms with Gasteiger partial charge in [-0.2, -0.15) is 0 Å². The molecule has 6 nitrogen and oxygen atoms in total. The summed E-state index contributed by atoms with van der Waals surface area (Å²) in [5.74, 6) is 0.0382. The number of hydrogen-bond donors (Lipinski definition) is 1. The number of hydrogen-bond acceptors (Lipinski definition) is 3. The van der Waals surface area contributed by atoms with Crippen LogP contribution in [0.1, 0.15) is 48.0 Å². The highest BCUT2D eigenvalue weighted by atomic mass is 16.2. The summed E-state index contributed by atoms with van der Waals surface area (Å²) in [6, 6.07) is 0. The van der Waals surface area contributed by atoms with E-state index in [9.17, 15) is 14.4 Å². The molecule has 0 radical (unpaired) electrons. The van der Waals surface area contributed by atoms with Crippen LogP contribution in [0, 0.1) is 11.8 Å². The summed E-state index contributed by atoms with van der Waals surface area (Å²) in [6.45, 7) is 20.9. The number of carbonyl (C=O) groups excluding carboxylic acids is 3. The van der Waals surface area contributed by atoms with Crippen molar-refractivity contribution < 1.29 is 14.4 Å². The standard InChI is InChI=1S/C21H37N3O3/c1-15(2)9-11-23(20(26)17(5)6)13-14-24(21(27)18(7)8)12-10-22-19(25)16(3)4/h15,18H,3,5,9-14H2,1-2,4,6-8H3,(H,22,25). The molecule has 6 heteroatoms. The van der Waals surface area contributed by atoms with Crippen molar-refractivity contribution in [3.63, 3.8) is 0 Å². The van der Waals surface area contributed by atoms with Crippen LogP contribution in [-0.4, -0.2) is 60.2 Å². The molecule has 154 valence electrons. The molecular weight excluding hydrogens is 342 g/mol. The smallest absolute Gasteiger partial charge is 0.248 e. The minimum absolute atomic E-state index is 0.00570. The molecule has 0 bridgehead atoms. The molecule has 27 heavy (non-hydrogen) atoms. The van der Waals surface area contributed by atoms with Crippen LogP contribution in [0.3, 0.4) is 0 Å². The molecule has 1 N–H and O–H groups in total. The second-order valence-corrected chi connectivity index (χ2v) is 7.77. The fraction of sp³-hybridized carbons (Fsp3) is 0.667. The van der Waals surface area contributed by atoms with Gasteiger partial charge in [-0.3, -0.25) is 14.4 Å².